The van der Waals surface area contributed by atoms with E-state index in [1.54, 1.807) is 42.6 Å². The molecule has 4 N–H and O–H groups in total. The van der Waals surface area contributed by atoms with Crippen molar-refractivity contribution in [2.24, 2.45) is 4.99 Å². The molecule has 11 heteroatoms. The summed E-state index contributed by atoms with van der Waals surface area (Å²) in [6, 6.07) is 9.81. The van der Waals surface area contributed by atoms with Gasteiger partial charge in [-0.25, -0.2) is 9.78 Å². The number of carboxylic acid groups (broad SMARTS) is 1. The van der Waals surface area contributed by atoms with Crippen LogP contribution in [0.1, 0.15) is 24.8 Å². The maximum absolute atomic E-state index is 12.0. The molecule has 0 spiro atoms. The van der Waals surface area contributed by atoms with E-state index in [0.29, 0.717) is 42.4 Å². The van der Waals surface area contributed by atoms with Gasteiger partial charge in [0.2, 0.25) is 11.6 Å². The fraction of sp³-hybridized carbons (Fsp3) is 0.348. The van der Waals surface area contributed by atoms with Crippen LogP contribution in [0.4, 0.5) is 6.01 Å². The summed E-state index contributed by atoms with van der Waals surface area (Å²) in [5.74, 6) is 0.0549. The van der Waals surface area contributed by atoms with Gasteiger partial charge in [-0.2, -0.15) is 4.98 Å². The molecule has 34 heavy (non-hydrogen) atoms. The molecular formula is C23H26N6O5. The second kappa shape index (κ2) is 11.1. The number of aromatic nitrogens is 2. The molecule has 178 valence electrons. The summed E-state index contributed by atoms with van der Waals surface area (Å²) >= 11 is 0. The van der Waals surface area contributed by atoms with Crippen LogP contribution in [0.5, 0.6) is 5.75 Å². The Morgan fingerprint density at radius 2 is 2.09 bits per heavy atom. The topological polar surface area (TPSA) is 151 Å². The number of nitrogens with zero attached hydrogens (tertiary/aromatic N) is 3. The third-order valence-corrected chi connectivity index (χ3v) is 5.10. The Labute approximate surface area is 195 Å². The van der Waals surface area contributed by atoms with Gasteiger partial charge in [0, 0.05) is 32.1 Å². The average Bonchev–Trinajstić information content (AvgIpc) is 3.25. The number of guanidine groups is 1. The first-order valence-electron chi connectivity index (χ1n) is 11.1. The van der Waals surface area contributed by atoms with Gasteiger partial charge in [0.15, 0.2) is 5.96 Å². The van der Waals surface area contributed by atoms with Crippen molar-refractivity contribution >= 4 is 35.1 Å². The van der Waals surface area contributed by atoms with Crippen molar-refractivity contribution in [1.82, 2.24) is 20.6 Å². The molecule has 0 radical (unpaired) electrons. The zero-order valence-corrected chi connectivity index (χ0v) is 18.5. The monoisotopic (exact) mass is 466 g/mol. The number of carbonyl (C=O) groups is 2. The summed E-state index contributed by atoms with van der Waals surface area (Å²) in [7, 11) is 0. The van der Waals surface area contributed by atoms with Gasteiger partial charge < -0.3 is 24.9 Å². The van der Waals surface area contributed by atoms with Gasteiger partial charge in [0.1, 0.15) is 17.3 Å². The number of anilines is 1. The number of ether oxygens (including phenoxy) is 1. The molecule has 0 saturated heterocycles. The standard InChI is InChI=1S/C23H26N6O5/c30-19(29-22-25-11-3-12-26-22)5-2-13-33-16-8-6-15(7-9-16)14-18(21(31)32)28-23-27-17-4-1-10-24-20(17)34-23/h1,4,6-10,18H,2-3,5,11-14H2,(H,27,28)(H,31,32)(H2,25,26,29,30)/t18-/m0/s1. The predicted molar refractivity (Wildman–Crippen MR) is 125 cm³/mol. The second-order valence-electron chi connectivity index (χ2n) is 7.74. The minimum atomic E-state index is -1.02. The Morgan fingerprint density at radius 1 is 1.24 bits per heavy atom. The zero-order valence-electron chi connectivity index (χ0n) is 18.5. The number of nitrogens with one attached hydrogen (secondary N) is 3. The Bertz CT molecular complexity index is 1130. The molecule has 0 aliphatic carbocycles. The predicted octanol–water partition coefficient (Wildman–Crippen LogP) is 1.96. The Hall–Kier alpha value is -4.15. The van der Waals surface area contributed by atoms with E-state index in [1.165, 1.54) is 0 Å². The fourth-order valence-electron chi connectivity index (χ4n) is 3.37. The Balaban J connectivity index is 1.23. The number of amides is 1. The maximum Gasteiger partial charge on any atom is 0.326 e. The van der Waals surface area contributed by atoms with Crippen LogP contribution in [0.3, 0.4) is 0 Å². The minimum Gasteiger partial charge on any atom is -0.494 e. The SMILES string of the molecule is O=C(CCCOc1ccc(C[C@H](Nc2nc3cccnc3o2)C(=O)O)cc1)NC1=NCCCN1. The van der Waals surface area contributed by atoms with Gasteiger partial charge in [-0.15, -0.1) is 0 Å². The molecule has 0 bridgehead atoms. The molecule has 0 fully saturated rings. The van der Waals surface area contributed by atoms with Gasteiger partial charge in [-0.3, -0.25) is 15.1 Å². The number of aliphatic imine (C=N–C) groups is 1. The van der Waals surface area contributed by atoms with Gasteiger partial charge >= 0.3 is 5.97 Å². The van der Waals surface area contributed by atoms with Crippen LogP contribution in [0.15, 0.2) is 52.0 Å². The molecule has 4 rings (SSSR count). The van der Waals surface area contributed by atoms with E-state index in [-0.39, 0.29) is 18.3 Å². The van der Waals surface area contributed by atoms with Gasteiger partial charge in [-0.05, 0) is 42.7 Å². The van der Waals surface area contributed by atoms with Crippen molar-refractivity contribution < 1.29 is 23.8 Å². The van der Waals surface area contributed by atoms with Crippen molar-refractivity contribution in [1.29, 1.82) is 0 Å². The first kappa shape index (κ1) is 23.0. The molecule has 3 heterocycles. The third kappa shape index (κ3) is 6.44. The van der Waals surface area contributed by atoms with Crippen molar-refractivity contribution in [3.63, 3.8) is 0 Å². The molecular weight excluding hydrogens is 440 g/mol. The molecule has 1 aliphatic heterocycles. The minimum absolute atomic E-state index is 0.103. The summed E-state index contributed by atoms with van der Waals surface area (Å²) in [6.45, 7) is 1.92. The number of aliphatic carboxylic acids is 1. The number of oxazole rings is 1. The molecule has 11 nitrogen and oxygen atoms in total. The van der Waals surface area contributed by atoms with Gasteiger partial charge in [0.25, 0.3) is 6.01 Å². The van der Waals surface area contributed by atoms with Crippen LogP contribution in [-0.2, 0) is 16.0 Å². The number of carbonyl (C=O) groups excluding carboxylic acids is 1. The molecule has 1 amide bonds. The first-order valence-corrected chi connectivity index (χ1v) is 11.1. The number of carboxylic acids is 1. The summed E-state index contributed by atoms with van der Waals surface area (Å²) in [4.78, 5) is 36.2. The average molecular weight is 466 g/mol. The van der Waals surface area contributed by atoms with Crippen molar-refractivity contribution in [3.05, 3.63) is 48.2 Å². The first-order chi connectivity index (χ1) is 16.6. The lowest BCUT2D eigenvalue weighted by molar-refractivity contribution is -0.138. The molecule has 0 saturated carbocycles. The molecule has 1 aliphatic rings. The number of benzene rings is 1. The van der Waals surface area contributed by atoms with E-state index in [4.69, 9.17) is 9.15 Å². The molecule has 1 aromatic carbocycles. The number of hydrogen-bond donors (Lipinski definition) is 4. The van der Waals surface area contributed by atoms with Gasteiger partial charge in [0.05, 0.1) is 6.61 Å². The van der Waals surface area contributed by atoms with E-state index < -0.39 is 12.0 Å². The lowest BCUT2D eigenvalue weighted by Crippen LogP contribution is -2.43. The van der Waals surface area contributed by atoms with Crippen LogP contribution in [0, 0.1) is 0 Å². The van der Waals surface area contributed by atoms with Crippen molar-refractivity contribution in [2.75, 3.05) is 25.0 Å². The van der Waals surface area contributed by atoms with Crippen LogP contribution < -0.4 is 20.7 Å². The molecule has 0 unspecified atom stereocenters. The van der Waals surface area contributed by atoms with Crippen molar-refractivity contribution in [2.45, 2.75) is 31.7 Å². The van der Waals surface area contributed by atoms with E-state index in [1.807, 2.05) is 0 Å². The molecule has 2 aromatic heterocycles. The second-order valence-corrected chi connectivity index (χ2v) is 7.74. The lowest BCUT2D eigenvalue weighted by atomic mass is 10.1. The van der Waals surface area contributed by atoms with Crippen molar-refractivity contribution in [3.8, 4) is 5.75 Å². The largest absolute Gasteiger partial charge is 0.494 e. The highest BCUT2D eigenvalue weighted by Crippen LogP contribution is 2.19. The van der Waals surface area contributed by atoms with Crippen LogP contribution >= 0.6 is 0 Å². The quantitative estimate of drug-likeness (QED) is 0.329. The lowest BCUT2D eigenvalue weighted by Gasteiger charge is -2.15. The van der Waals surface area contributed by atoms with E-state index >= 15 is 0 Å². The highest BCUT2D eigenvalue weighted by molar-refractivity contribution is 5.97. The van der Waals surface area contributed by atoms with Crippen LogP contribution in [0.2, 0.25) is 0 Å². The number of fused-ring (bicyclic) bond motifs is 1. The number of pyridine rings is 1. The van der Waals surface area contributed by atoms with Crippen LogP contribution in [0.25, 0.3) is 11.2 Å². The summed E-state index contributed by atoms with van der Waals surface area (Å²) < 4.78 is 11.2. The smallest absolute Gasteiger partial charge is 0.326 e. The summed E-state index contributed by atoms with van der Waals surface area (Å²) in [6.07, 6.45) is 3.66. The third-order valence-electron chi connectivity index (χ3n) is 5.10. The summed E-state index contributed by atoms with van der Waals surface area (Å²) in [5, 5.41) is 18.2. The van der Waals surface area contributed by atoms with E-state index in [2.05, 4.69) is 30.9 Å². The number of hydrogen-bond acceptors (Lipinski definition) is 9. The van der Waals surface area contributed by atoms with Crippen LogP contribution in [-0.4, -0.2) is 58.6 Å². The van der Waals surface area contributed by atoms with E-state index in [0.717, 1.165) is 25.1 Å². The van der Waals surface area contributed by atoms with E-state index in [9.17, 15) is 14.7 Å². The highest BCUT2D eigenvalue weighted by Gasteiger charge is 2.20. The zero-order chi connectivity index (χ0) is 23.8. The summed E-state index contributed by atoms with van der Waals surface area (Å²) in [5.41, 5.74) is 1.70. The molecule has 1 atom stereocenters. The number of rotatable bonds is 10. The Kier molecular flexibility index (Phi) is 7.53. The Morgan fingerprint density at radius 3 is 2.82 bits per heavy atom. The maximum atomic E-state index is 12.0. The van der Waals surface area contributed by atoms with Gasteiger partial charge in [-0.1, -0.05) is 12.1 Å². The molecule has 3 aromatic rings. The normalized spacial score (nSPS) is 14.1. The fourth-order valence-corrected chi connectivity index (χ4v) is 3.37. The highest BCUT2D eigenvalue weighted by atomic mass is 16.5.